The number of benzene rings is 2. The molecular weight excluding hydrogens is 302 g/mol. The number of hydrogen-bond acceptors (Lipinski definition) is 3. The Morgan fingerprint density at radius 3 is 2.79 bits per heavy atom. The Balaban J connectivity index is 1.94. The zero-order valence-electron chi connectivity index (χ0n) is 14.3. The molecule has 0 spiro atoms. The molecule has 0 atom stereocenters. The van der Waals surface area contributed by atoms with E-state index in [4.69, 9.17) is 4.74 Å². The first-order valence-corrected chi connectivity index (χ1v) is 8.42. The molecule has 2 aromatic carbocycles. The molecule has 0 unspecified atom stereocenters. The molecule has 0 radical (unpaired) electrons. The summed E-state index contributed by atoms with van der Waals surface area (Å²) in [5.74, 6) is 0.804. The summed E-state index contributed by atoms with van der Waals surface area (Å²) in [7, 11) is 0. The molecule has 4 heteroatoms. The first-order valence-electron chi connectivity index (χ1n) is 8.42. The Hall–Kier alpha value is -2.49. The number of fused-ring (bicyclic) bond motifs is 1. The van der Waals surface area contributed by atoms with Gasteiger partial charge in [0, 0.05) is 6.42 Å². The summed E-state index contributed by atoms with van der Waals surface area (Å²) in [6.45, 7) is 6.82. The predicted molar refractivity (Wildman–Crippen MR) is 95.2 cm³/mol. The molecule has 0 bridgehead atoms. The summed E-state index contributed by atoms with van der Waals surface area (Å²) in [5.41, 5.74) is 4.23. The van der Waals surface area contributed by atoms with Crippen molar-refractivity contribution in [2.75, 3.05) is 11.9 Å². The van der Waals surface area contributed by atoms with E-state index >= 15 is 0 Å². The maximum absolute atomic E-state index is 12.8. The fourth-order valence-electron chi connectivity index (χ4n) is 2.95. The fourth-order valence-corrected chi connectivity index (χ4v) is 2.95. The van der Waals surface area contributed by atoms with Crippen molar-refractivity contribution in [1.29, 1.82) is 0 Å². The van der Waals surface area contributed by atoms with Crippen LogP contribution in [0.5, 0.6) is 11.5 Å². The van der Waals surface area contributed by atoms with Crippen LogP contribution in [0.1, 0.15) is 53.7 Å². The summed E-state index contributed by atoms with van der Waals surface area (Å²) in [5, 5.41) is 12.9. The van der Waals surface area contributed by atoms with Crippen molar-refractivity contribution in [3.8, 4) is 11.5 Å². The second kappa shape index (κ2) is 6.56. The van der Waals surface area contributed by atoms with Crippen LogP contribution in [-0.2, 0) is 12.8 Å². The second-order valence-electron chi connectivity index (χ2n) is 6.47. The summed E-state index contributed by atoms with van der Waals surface area (Å²) in [6.07, 6.45) is 1.69. The topological polar surface area (TPSA) is 58.6 Å². The van der Waals surface area contributed by atoms with E-state index in [0.717, 1.165) is 29.5 Å². The number of carbonyl (C=O) groups is 1. The molecule has 0 fully saturated rings. The first-order chi connectivity index (χ1) is 11.5. The average Bonchev–Trinajstić information content (AvgIpc) is 3.03. The van der Waals surface area contributed by atoms with Gasteiger partial charge in [-0.1, -0.05) is 32.9 Å². The van der Waals surface area contributed by atoms with Crippen LogP contribution in [0.4, 0.5) is 5.69 Å². The van der Waals surface area contributed by atoms with Crippen LogP contribution in [0.2, 0.25) is 0 Å². The third-order valence-corrected chi connectivity index (χ3v) is 4.43. The molecule has 3 rings (SSSR count). The molecule has 1 aliphatic rings. The lowest BCUT2D eigenvalue weighted by Crippen LogP contribution is -2.14. The Morgan fingerprint density at radius 2 is 2.08 bits per heavy atom. The molecule has 1 amide bonds. The zero-order chi connectivity index (χ0) is 17.3. The highest BCUT2D eigenvalue weighted by molar-refractivity contribution is 6.07. The lowest BCUT2D eigenvalue weighted by Gasteiger charge is -2.14. The van der Waals surface area contributed by atoms with Crippen molar-refractivity contribution in [2.45, 2.75) is 39.5 Å². The van der Waals surface area contributed by atoms with Crippen LogP contribution in [-0.4, -0.2) is 17.6 Å². The van der Waals surface area contributed by atoms with Crippen LogP contribution < -0.4 is 10.1 Å². The minimum atomic E-state index is -0.250. The van der Waals surface area contributed by atoms with Crippen molar-refractivity contribution in [3.05, 3.63) is 52.6 Å². The number of phenols is 1. The molecule has 4 nitrogen and oxygen atoms in total. The van der Waals surface area contributed by atoms with Crippen molar-refractivity contribution in [3.63, 3.8) is 0 Å². The number of ether oxygens (including phenoxy) is 1. The molecule has 126 valence electrons. The largest absolute Gasteiger partial charge is 0.506 e. The zero-order valence-corrected chi connectivity index (χ0v) is 14.3. The molecule has 0 aromatic heterocycles. The SMILES string of the molecule is CCc1cc2c(c(C(=O)Nc3cc(C(C)C)ccc3O)c1)OCC2. The van der Waals surface area contributed by atoms with E-state index in [0.29, 0.717) is 29.5 Å². The summed E-state index contributed by atoms with van der Waals surface area (Å²) in [6, 6.07) is 9.30. The van der Waals surface area contributed by atoms with Gasteiger partial charge in [0.05, 0.1) is 17.9 Å². The normalized spacial score (nSPS) is 12.8. The molecule has 1 heterocycles. The maximum atomic E-state index is 12.8. The Bertz CT molecular complexity index is 781. The van der Waals surface area contributed by atoms with Gasteiger partial charge in [-0.25, -0.2) is 0 Å². The average molecular weight is 325 g/mol. The predicted octanol–water partition coefficient (Wildman–Crippen LogP) is 4.27. The molecule has 0 saturated carbocycles. The van der Waals surface area contributed by atoms with E-state index in [1.165, 1.54) is 0 Å². The molecule has 2 aromatic rings. The molecular formula is C20H23NO3. The van der Waals surface area contributed by atoms with Gasteiger partial charge in [0.15, 0.2) is 0 Å². The number of phenolic OH excluding ortho intramolecular Hbond substituents is 1. The molecule has 24 heavy (non-hydrogen) atoms. The summed E-state index contributed by atoms with van der Waals surface area (Å²) < 4.78 is 5.66. The monoisotopic (exact) mass is 325 g/mol. The number of aryl methyl sites for hydroxylation is 1. The van der Waals surface area contributed by atoms with Crippen molar-refractivity contribution in [1.82, 2.24) is 0 Å². The number of anilines is 1. The Kier molecular flexibility index (Phi) is 4.47. The lowest BCUT2D eigenvalue weighted by molar-refractivity contribution is 0.102. The second-order valence-corrected chi connectivity index (χ2v) is 6.47. The van der Waals surface area contributed by atoms with Gasteiger partial charge in [0.2, 0.25) is 0 Å². The van der Waals surface area contributed by atoms with Crippen molar-refractivity contribution >= 4 is 11.6 Å². The maximum Gasteiger partial charge on any atom is 0.259 e. The van der Waals surface area contributed by atoms with Crippen molar-refractivity contribution in [2.24, 2.45) is 0 Å². The molecule has 0 aliphatic carbocycles. The lowest BCUT2D eigenvalue weighted by atomic mass is 10.0. The van der Waals surface area contributed by atoms with E-state index < -0.39 is 0 Å². The molecule has 1 aliphatic heterocycles. The van der Waals surface area contributed by atoms with E-state index in [1.807, 2.05) is 18.2 Å². The number of aromatic hydroxyl groups is 1. The van der Waals surface area contributed by atoms with Gasteiger partial charge < -0.3 is 15.2 Å². The van der Waals surface area contributed by atoms with Gasteiger partial charge in [-0.15, -0.1) is 0 Å². The number of amides is 1. The number of rotatable bonds is 4. The van der Waals surface area contributed by atoms with Gasteiger partial charge in [0.25, 0.3) is 5.91 Å². The van der Waals surface area contributed by atoms with E-state index in [-0.39, 0.29) is 11.7 Å². The fraction of sp³-hybridized carbons (Fsp3) is 0.350. The van der Waals surface area contributed by atoms with Crippen LogP contribution in [0, 0.1) is 0 Å². The number of nitrogens with one attached hydrogen (secondary N) is 1. The van der Waals surface area contributed by atoms with E-state index in [2.05, 4.69) is 32.2 Å². The highest BCUT2D eigenvalue weighted by Gasteiger charge is 2.22. The molecule has 0 saturated heterocycles. The quantitative estimate of drug-likeness (QED) is 0.826. The minimum Gasteiger partial charge on any atom is -0.506 e. The Labute approximate surface area is 142 Å². The van der Waals surface area contributed by atoms with E-state index in [1.54, 1.807) is 6.07 Å². The highest BCUT2D eigenvalue weighted by atomic mass is 16.5. The number of hydrogen-bond donors (Lipinski definition) is 2. The van der Waals surface area contributed by atoms with Gasteiger partial charge in [-0.05, 0) is 47.2 Å². The Morgan fingerprint density at radius 1 is 1.29 bits per heavy atom. The van der Waals surface area contributed by atoms with Gasteiger partial charge >= 0.3 is 0 Å². The smallest absolute Gasteiger partial charge is 0.259 e. The van der Waals surface area contributed by atoms with Crippen LogP contribution >= 0.6 is 0 Å². The first kappa shape index (κ1) is 16.4. The third kappa shape index (κ3) is 3.09. The highest BCUT2D eigenvalue weighted by Crippen LogP contribution is 2.33. The van der Waals surface area contributed by atoms with Gasteiger partial charge in [0.1, 0.15) is 11.5 Å². The van der Waals surface area contributed by atoms with Gasteiger partial charge in [-0.2, -0.15) is 0 Å². The molecule has 2 N–H and O–H groups in total. The summed E-state index contributed by atoms with van der Waals surface area (Å²) >= 11 is 0. The minimum absolute atomic E-state index is 0.0666. The van der Waals surface area contributed by atoms with Crippen LogP contribution in [0.15, 0.2) is 30.3 Å². The summed E-state index contributed by atoms with van der Waals surface area (Å²) in [4.78, 5) is 12.8. The van der Waals surface area contributed by atoms with Gasteiger partial charge in [-0.3, -0.25) is 4.79 Å². The van der Waals surface area contributed by atoms with E-state index in [9.17, 15) is 9.90 Å². The number of carbonyl (C=O) groups excluding carboxylic acids is 1. The standard InChI is InChI=1S/C20H23NO3/c1-4-13-9-15-7-8-24-19(15)16(10-13)20(23)21-17-11-14(12(2)3)5-6-18(17)22/h5-6,9-12,22H,4,7-8H2,1-3H3,(H,21,23). The van der Waals surface area contributed by atoms with Crippen LogP contribution in [0.25, 0.3) is 0 Å². The third-order valence-electron chi connectivity index (χ3n) is 4.43. The van der Waals surface area contributed by atoms with Crippen molar-refractivity contribution < 1.29 is 14.6 Å². The van der Waals surface area contributed by atoms with Crippen LogP contribution in [0.3, 0.4) is 0 Å².